The van der Waals surface area contributed by atoms with Crippen molar-refractivity contribution in [1.82, 2.24) is 14.7 Å². The van der Waals surface area contributed by atoms with Gasteiger partial charge in [-0.25, -0.2) is 4.98 Å². The summed E-state index contributed by atoms with van der Waals surface area (Å²) < 4.78 is 11.8. The second-order valence-electron chi connectivity index (χ2n) is 6.25. The van der Waals surface area contributed by atoms with Crippen LogP contribution in [-0.4, -0.2) is 20.6 Å². The molecule has 0 fully saturated rings. The SMILES string of the molecule is Cc1oc2ncn(CC(=O)Nc3cc(-c4ccccc4Cl)no3)c(=O)c2c1C. The second kappa shape index (κ2) is 6.97. The van der Waals surface area contributed by atoms with Crippen molar-refractivity contribution in [2.45, 2.75) is 20.4 Å². The van der Waals surface area contributed by atoms with Gasteiger partial charge in [-0.05, 0) is 19.9 Å². The molecule has 0 radical (unpaired) electrons. The summed E-state index contributed by atoms with van der Waals surface area (Å²) in [7, 11) is 0. The number of hydrogen-bond donors (Lipinski definition) is 1. The molecule has 9 heteroatoms. The fourth-order valence-electron chi connectivity index (χ4n) is 2.84. The third-order valence-electron chi connectivity index (χ3n) is 4.39. The van der Waals surface area contributed by atoms with Crippen LogP contribution >= 0.6 is 11.6 Å². The predicted octanol–water partition coefficient (Wildman–Crippen LogP) is 3.55. The fourth-order valence-corrected chi connectivity index (χ4v) is 3.08. The minimum Gasteiger partial charge on any atom is -0.443 e. The molecule has 0 spiro atoms. The molecule has 1 N–H and O–H groups in total. The Bertz CT molecular complexity index is 1250. The van der Waals surface area contributed by atoms with Crippen LogP contribution in [0.5, 0.6) is 0 Å². The summed E-state index contributed by atoms with van der Waals surface area (Å²) in [5, 5.41) is 7.37. The zero-order chi connectivity index (χ0) is 19.8. The van der Waals surface area contributed by atoms with E-state index in [4.69, 9.17) is 20.5 Å². The summed E-state index contributed by atoms with van der Waals surface area (Å²) in [5.41, 5.74) is 1.80. The number of benzene rings is 1. The Kier molecular flexibility index (Phi) is 4.48. The number of carbonyl (C=O) groups excluding carboxylic acids is 1. The third-order valence-corrected chi connectivity index (χ3v) is 4.72. The molecule has 3 heterocycles. The zero-order valence-corrected chi connectivity index (χ0v) is 15.8. The molecule has 142 valence electrons. The Morgan fingerprint density at radius 2 is 2.07 bits per heavy atom. The first-order valence-corrected chi connectivity index (χ1v) is 8.78. The normalized spacial score (nSPS) is 11.1. The van der Waals surface area contributed by atoms with Gasteiger partial charge in [0.05, 0.1) is 5.02 Å². The van der Waals surface area contributed by atoms with Gasteiger partial charge in [-0.1, -0.05) is 35.0 Å². The molecule has 0 aliphatic carbocycles. The molecule has 8 nitrogen and oxygen atoms in total. The summed E-state index contributed by atoms with van der Waals surface area (Å²) in [6.07, 6.45) is 1.28. The van der Waals surface area contributed by atoms with Gasteiger partial charge < -0.3 is 8.94 Å². The maximum Gasteiger partial charge on any atom is 0.265 e. The molecule has 0 aliphatic rings. The van der Waals surface area contributed by atoms with E-state index >= 15 is 0 Å². The number of carbonyl (C=O) groups is 1. The highest BCUT2D eigenvalue weighted by Gasteiger charge is 2.16. The topological polar surface area (TPSA) is 103 Å². The molecular formula is C19H15ClN4O4. The average Bonchev–Trinajstić information content (AvgIpc) is 3.23. The van der Waals surface area contributed by atoms with Gasteiger partial charge in [0.1, 0.15) is 29.7 Å². The zero-order valence-electron chi connectivity index (χ0n) is 15.0. The number of rotatable bonds is 4. The van der Waals surface area contributed by atoms with Crippen molar-refractivity contribution >= 4 is 34.5 Å². The van der Waals surface area contributed by atoms with Crippen molar-refractivity contribution in [2.24, 2.45) is 0 Å². The Morgan fingerprint density at radius 3 is 2.86 bits per heavy atom. The summed E-state index contributed by atoms with van der Waals surface area (Å²) in [5.74, 6) is 0.316. The lowest BCUT2D eigenvalue weighted by atomic mass is 10.1. The minimum absolute atomic E-state index is 0.150. The highest BCUT2D eigenvalue weighted by Crippen LogP contribution is 2.28. The number of hydrogen-bond acceptors (Lipinski definition) is 6. The molecular weight excluding hydrogens is 384 g/mol. The summed E-state index contributed by atoms with van der Waals surface area (Å²) in [6.45, 7) is 3.31. The quantitative estimate of drug-likeness (QED) is 0.563. The van der Waals surface area contributed by atoms with Crippen molar-refractivity contribution in [2.75, 3.05) is 5.32 Å². The van der Waals surface area contributed by atoms with Crippen LogP contribution in [0.1, 0.15) is 11.3 Å². The Labute approximate surface area is 163 Å². The van der Waals surface area contributed by atoms with Crippen molar-refractivity contribution in [3.05, 3.63) is 63.4 Å². The number of nitrogens with one attached hydrogen (secondary N) is 1. The van der Waals surface area contributed by atoms with E-state index in [0.29, 0.717) is 33.0 Å². The van der Waals surface area contributed by atoms with E-state index in [-0.39, 0.29) is 23.7 Å². The van der Waals surface area contributed by atoms with Crippen molar-refractivity contribution in [1.29, 1.82) is 0 Å². The van der Waals surface area contributed by atoms with Gasteiger partial charge in [-0.2, -0.15) is 0 Å². The van der Waals surface area contributed by atoms with Crippen LogP contribution in [0, 0.1) is 13.8 Å². The smallest absolute Gasteiger partial charge is 0.265 e. The Balaban J connectivity index is 1.53. The number of anilines is 1. The largest absolute Gasteiger partial charge is 0.443 e. The van der Waals surface area contributed by atoms with E-state index < -0.39 is 5.91 Å². The van der Waals surface area contributed by atoms with E-state index in [0.717, 1.165) is 0 Å². The number of aromatic nitrogens is 3. The van der Waals surface area contributed by atoms with Crippen LogP contribution in [0.4, 0.5) is 5.88 Å². The monoisotopic (exact) mass is 398 g/mol. The molecule has 4 aromatic rings. The molecule has 3 aromatic heterocycles. The Hall–Kier alpha value is -3.39. The van der Waals surface area contributed by atoms with E-state index in [9.17, 15) is 9.59 Å². The number of halogens is 1. The molecule has 0 saturated carbocycles. The number of amides is 1. The molecule has 4 rings (SSSR count). The fraction of sp³-hybridized carbons (Fsp3) is 0.158. The van der Waals surface area contributed by atoms with Crippen LogP contribution in [0.2, 0.25) is 5.02 Å². The van der Waals surface area contributed by atoms with Crippen LogP contribution < -0.4 is 10.9 Å². The van der Waals surface area contributed by atoms with E-state index in [1.807, 2.05) is 6.07 Å². The van der Waals surface area contributed by atoms with Gasteiger partial charge in [0.15, 0.2) is 0 Å². The van der Waals surface area contributed by atoms with Gasteiger partial charge >= 0.3 is 0 Å². The first kappa shape index (κ1) is 18.0. The lowest BCUT2D eigenvalue weighted by molar-refractivity contribution is -0.116. The molecule has 0 saturated heterocycles. The lowest BCUT2D eigenvalue weighted by Crippen LogP contribution is -2.27. The standard InChI is InChI=1S/C19H15ClN4O4/c1-10-11(2)27-18-17(10)19(26)24(9-21-18)8-15(25)22-16-7-14(23-28-16)12-5-3-4-6-13(12)20/h3-7,9H,8H2,1-2H3,(H,22,25). The van der Waals surface area contributed by atoms with Gasteiger partial charge in [-0.15, -0.1) is 0 Å². The number of furan rings is 1. The van der Waals surface area contributed by atoms with Crippen molar-refractivity contribution in [3.63, 3.8) is 0 Å². The van der Waals surface area contributed by atoms with Gasteiger partial charge in [0.25, 0.3) is 5.56 Å². The van der Waals surface area contributed by atoms with E-state index in [1.165, 1.54) is 10.9 Å². The van der Waals surface area contributed by atoms with Crippen LogP contribution in [0.15, 0.2) is 50.4 Å². The first-order valence-electron chi connectivity index (χ1n) is 8.40. The molecule has 0 unspecified atom stereocenters. The Morgan fingerprint density at radius 1 is 1.29 bits per heavy atom. The van der Waals surface area contributed by atoms with Crippen LogP contribution in [0.25, 0.3) is 22.4 Å². The highest BCUT2D eigenvalue weighted by atomic mass is 35.5. The van der Waals surface area contributed by atoms with Crippen molar-refractivity contribution in [3.8, 4) is 11.3 Å². The summed E-state index contributed by atoms with van der Waals surface area (Å²) in [4.78, 5) is 29.0. The number of nitrogens with zero attached hydrogens (tertiary/aromatic N) is 3. The highest BCUT2D eigenvalue weighted by molar-refractivity contribution is 6.33. The molecule has 28 heavy (non-hydrogen) atoms. The first-order chi connectivity index (χ1) is 13.4. The van der Waals surface area contributed by atoms with Gasteiger partial charge in [-0.3, -0.25) is 19.5 Å². The lowest BCUT2D eigenvalue weighted by Gasteiger charge is -2.04. The number of fused-ring (bicyclic) bond motifs is 1. The molecule has 1 amide bonds. The maximum absolute atomic E-state index is 12.6. The van der Waals surface area contributed by atoms with Gasteiger partial charge in [0, 0.05) is 17.2 Å². The molecule has 0 atom stereocenters. The second-order valence-corrected chi connectivity index (χ2v) is 6.65. The van der Waals surface area contributed by atoms with E-state index in [1.54, 1.807) is 38.1 Å². The van der Waals surface area contributed by atoms with Crippen LogP contribution in [-0.2, 0) is 11.3 Å². The summed E-state index contributed by atoms with van der Waals surface area (Å²) >= 11 is 6.14. The molecule has 0 aliphatic heterocycles. The van der Waals surface area contributed by atoms with E-state index in [2.05, 4.69) is 15.5 Å². The van der Waals surface area contributed by atoms with Crippen molar-refractivity contribution < 1.29 is 13.7 Å². The third kappa shape index (κ3) is 3.18. The summed E-state index contributed by atoms with van der Waals surface area (Å²) in [6, 6.07) is 8.72. The maximum atomic E-state index is 12.6. The van der Waals surface area contributed by atoms with Gasteiger partial charge in [0.2, 0.25) is 17.5 Å². The minimum atomic E-state index is -0.456. The number of aryl methyl sites for hydroxylation is 2. The van der Waals surface area contributed by atoms with Crippen LogP contribution in [0.3, 0.4) is 0 Å². The predicted molar refractivity (Wildman–Crippen MR) is 103 cm³/mol. The average molecular weight is 399 g/mol. The molecule has 0 bridgehead atoms. The molecule has 1 aromatic carbocycles.